The lowest BCUT2D eigenvalue weighted by Gasteiger charge is -2.31. The number of rotatable bonds is 3. The second-order valence-electron chi connectivity index (χ2n) is 5.50. The molecule has 2 rings (SSSR count). The van der Waals surface area contributed by atoms with Crippen LogP contribution in [0.4, 0.5) is 0 Å². The summed E-state index contributed by atoms with van der Waals surface area (Å²) in [6, 6.07) is 0.261. The average Bonchev–Trinajstić information content (AvgIpc) is 3.04. The van der Waals surface area contributed by atoms with Crippen LogP contribution in [0.1, 0.15) is 54.8 Å². The van der Waals surface area contributed by atoms with Crippen LogP contribution in [-0.4, -0.2) is 36.5 Å². The van der Waals surface area contributed by atoms with Gasteiger partial charge in [-0.2, -0.15) is 0 Å². The fourth-order valence-corrected chi connectivity index (χ4v) is 2.43. The third kappa shape index (κ3) is 4.66. The number of nitrogens with zero attached hydrogens (tertiary/aromatic N) is 1. The van der Waals surface area contributed by atoms with Crippen LogP contribution in [0.3, 0.4) is 0 Å². The van der Waals surface area contributed by atoms with Gasteiger partial charge in [0.2, 0.25) is 5.91 Å². The average molecular weight is 242 g/mol. The molecule has 1 N–H and O–H groups in total. The Bertz CT molecular complexity index is 242. The van der Waals surface area contributed by atoms with Crippen LogP contribution < -0.4 is 5.32 Å². The van der Waals surface area contributed by atoms with Gasteiger partial charge in [0.05, 0.1) is 6.54 Å². The van der Waals surface area contributed by atoms with Gasteiger partial charge in [-0.15, -0.1) is 0 Å². The highest BCUT2D eigenvalue weighted by Crippen LogP contribution is 2.53. The first-order chi connectivity index (χ1) is 8.10. The second kappa shape index (κ2) is 6.39. The fourth-order valence-electron chi connectivity index (χ4n) is 2.43. The van der Waals surface area contributed by atoms with Crippen molar-refractivity contribution in [3.63, 3.8) is 0 Å². The largest absolute Gasteiger partial charge is 0.353 e. The van der Waals surface area contributed by atoms with E-state index in [1.807, 2.05) is 27.7 Å². The highest BCUT2D eigenvalue weighted by molar-refractivity contribution is 5.78. The maximum absolute atomic E-state index is 11.5. The maximum atomic E-state index is 11.5. The van der Waals surface area contributed by atoms with Crippen LogP contribution in [0.5, 0.6) is 0 Å². The molecule has 1 spiro atoms. The Morgan fingerprint density at radius 2 is 1.76 bits per heavy atom. The Balaban J connectivity index is 0.000000917. The van der Waals surface area contributed by atoms with Crippen molar-refractivity contribution in [2.24, 2.45) is 5.41 Å². The highest BCUT2D eigenvalue weighted by atomic mass is 16.2. The molecule has 1 saturated carbocycles. The van der Waals surface area contributed by atoms with Gasteiger partial charge in [-0.05, 0) is 58.0 Å². The molecule has 102 valence electrons. The third-order valence-electron chi connectivity index (χ3n) is 3.69. The first-order valence-corrected chi connectivity index (χ1v) is 7.11. The smallest absolute Gasteiger partial charge is 0.234 e. The summed E-state index contributed by atoms with van der Waals surface area (Å²) >= 11 is 0. The number of nitrogens with one attached hydrogen (secondary N) is 1. The maximum Gasteiger partial charge on any atom is 0.234 e. The van der Waals surface area contributed by atoms with Crippen molar-refractivity contribution in [2.75, 3.05) is 19.6 Å². The zero-order valence-electron chi connectivity index (χ0n) is 11.9. The van der Waals surface area contributed by atoms with Crippen molar-refractivity contribution in [2.45, 2.75) is 59.4 Å². The predicted molar refractivity (Wildman–Crippen MR) is 74.1 cm³/mol. The van der Waals surface area contributed by atoms with E-state index in [1.54, 1.807) is 0 Å². The van der Waals surface area contributed by atoms with Crippen LogP contribution >= 0.6 is 0 Å². The lowest BCUT2D eigenvalue weighted by Crippen LogP contribution is -2.43. The van der Waals surface area contributed by atoms with Crippen LogP contribution in [0.2, 0.25) is 0 Å². The minimum absolute atomic E-state index is 0. The second-order valence-corrected chi connectivity index (χ2v) is 5.50. The summed E-state index contributed by atoms with van der Waals surface area (Å²) in [5.74, 6) is 0.178. The molecule has 1 heterocycles. The zero-order chi connectivity index (χ0) is 12.9. The number of amides is 1. The fraction of sp³-hybridized carbons (Fsp3) is 0.929. The summed E-state index contributed by atoms with van der Waals surface area (Å²) in [5, 5.41) is 2.95. The van der Waals surface area contributed by atoms with E-state index in [4.69, 9.17) is 0 Å². The van der Waals surface area contributed by atoms with Gasteiger partial charge >= 0.3 is 0 Å². The molecule has 0 radical (unpaired) electrons. The topological polar surface area (TPSA) is 32.3 Å². The molecule has 1 aliphatic carbocycles. The van der Waals surface area contributed by atoms with Gasteiger partial charge in [0.15, 0.2) is 0 Å². The molecule has 1 aliphatic heterocycles. The Hall–Kier alpha value is -0.570. The quantitative estimate of drug-likeness (QED) is 0.825. The van der Waals surface area contributed by atoms with Crippen molar-refractivity contribution in [1.29, 1.82) is 0 Å². The molecular formula is C14H30N2O. The van der Waals surface area contributed by atoms with Crippen molar-refractivity contribution >= 4 is 5.91 Å². The molecule has 0 atom stereocenters. The molecule has 3 heteroatoms. The Morgan fingerprint density at radius 1 is 1.24 bits per heavy atom. The van der Waals surface area contributed by atoms with Gasteiger partial charge in [-0.25, -0.2) is 0 Å². The summed E-state index contributed by atoms with van der Waals surface area (Å²) in [7, 11) is 0. The standard InChI is InChI=1S/C12H22N2O.C2H6.H2/c1-10(2)13-11(15)9-14-7-5-12(3-4-12)6-8-14;1-2;/h10H,3-9H2,1-2H3,(H,13,15);1-2H3;1H. The molecule has 3 nitrogen and oxygen atoms in total. The number of carbonyl (C=O) groups excluding carboxylic acids is 1. The zero-order valence-corrected chi connectivity index (χ0v) is 11.9. The van der Waals surface area contributed by atoms with Gasteiger partial charge in [0.1, 0.15) is 0 Å². The van der Waals surface area contributed by atoms with Gasteiger partial charge in [0.25, 0.3) is 0 Å². The van der Waals surface area contributed by atoms with E-state index in [-0.39, 0.29) is 13.4 Å². The van der Waals surface area contributed by atoms with Crippen LogP contribution in [-0.2, 0) is 4.79 Å². The SMILES string of the molecule is CC.CC(C)NC(=O)CN1CCC2(CC1)CC2.[HH]. The van der Waals surface area contributed by atoms with E-state index in [0.717, 1.165) is 13.1 Å². The molecule has 0 aromatic rings. The molecule has 1 saturated heterocycles. The molecule has 0 aromatic heterocycles. The van der Waals surface area contributed by atoms with Crippen LogP contribution in [0, 0.1) is 5.41 Å². The minimum Gasteiger partial charge on any atom is -0.353 e. The molecule has 0 bridgehead atoms. The Morgan fingerprint density at radius 3 is 2.18 bits per heavy atom. The van der Waals surface area contributed by atoms with E-state index in [1.165, 1.54) is 25.7 Å². The monoisotopic (exact) mass is 242 g/mol. The van der Waals surface area contributed by atoms with Crippen molar-refractivity contribution in [3.8, 4) is 0 Å². The number of hydrogen-bond donors (Lipinski definition) is 1. The summed E-state index contributed by atoms with van der Waals surface area (Å²) in [6.45, 7) is 10.8. The van der Waals surface area contributed by atoms with E-state index >= 15 is 0 Å². The molecule has 17 heavy (non-hydrogen) atoms. The van der Waals surface area contributed by atoms with Gasteiger partial charge < -0.3 is 5.32 Å². The summed E-state index contributed by atoms with van der Waals surface area (Å²) in [5.41, 5.74) is 0.713. The van der Waals surface area contributed by atoms with Crippen LogP contribution in [0.15, 0.2) is 0 Å². The van der Waals surface area contributed by atoms with Crippen molar-refractivity contribution in [1.82, 2.24) is 10.2 Å². The highest BCUT2D eigenvalue weighted by Gasteiger charge is 2.44. The van der Waals surface area contributed by atoms with Crippen molar-refractivity contribution in [3.05, 3.63) is 0 Å². The third-order valence-corrected chi connectivity index (χ3v) is 3.69. The normalized spacial score (nSPS) is 21.9. The molecule has 2 fully saturated rings. The van der Waals surface area contributed by atoms with E-state index in [0.29, 0.717) is 12.0 Å². The van der Waals surface area contributed by atoms with E-state index in [9.17, 15) is 4.79 Å². The number of carbonyl (C=O) groups is 1. The summed E-state index contributed by atoms with van der Waals surface area (Å²) in [6.07, 6.45) is 5.47. The summed E-state index contributed by atoms with van der Waals surface area (Å²) < 4.78 is 0. The number of likely N-dealkylation sites (tertiary alicyclic amines) is 1. The first kappa shape index (κ1) is 14.5. The first-order valence-electron chi connectivity index (χ1n) is 7.11. The Labute approximate surface area is 107 Å². The molecule has 1 amide bonds. The van der Waals surface area contributed by atoms with Crippen molar-refractivity contribution < 1.29 is 6.22 Å². The molecule has 0 unspecified atom stereocenters. The number of hydrogen-bond acceptors (Lipinski definition) is 2. The minimum atomic E-state index is 0. The van der Waals surface area contributed by atoms with E-state index < -0.39 is 0 Å². The van der Waals surface area contributed by atoms with Gasteiger partial charge in [-0.1, -0.05) is 13.8 Å². The van der Waals surface area contributed by atoms with Gasteiger partial charge in [0, 0.05) is 7.47 Å². The molecule has 2 aliphatic rings. The lowest BCUT2D eigenvalue weighted by molar-refractivity contribution is -0.123. The lowest BCUT2D eigenvalue weighted by atomic mass is 9.94. The van der Waals surface area contributed by atoms with Gasteiger partial charge in [-0.3, -0.25) is 9.69 Å². The predicted octanol–water partition coefficient (Wildman–Crippen LogP) is 2.66. The summed E-state index contributed by atoms with van der Waals surface area (Å²) in [4.78, 5) is 13.8. The Kier molecular flexibility index (Phi) is 5.44. The van der Waals surface area contributed by atoms with E-state index in [2.05, 4.69) is 10.2 Å². The number of piperidine rings is 1. The molecule has 0 aromatic carbocycles. The van der Waals surface area contributed by atoms with Crippen LogP contribution in [0.25, 0.3) is 0 Å². The molecular weight excluding hydrogens is 212 g/mol.